The Labute approximate surface area is 152 Å². The number of imide groups is 1. The first-order valence-electron chi connectivity index (χ1n) is 8.08. The number of hydrogen-bond donors (Lipinski definition) is 0. The highest BCUT2D eigenvalue weighted by molar-refractivity contribution is 6.21. The fraction of sp³-hybridized carbons (Fsp3) is 0.111. The first kappa shape index (κ1) is 16.6. The SMILES string of the molecule is CC(=O)CN(C(=O)n1nnc2ccccc21)N1C(=O)c2ccccc2C1=O. The zero-order chi connectivity index (χ0) is 19.1. The van der Waals surface area contributed by atoms with Gasteiger partial charge in [0.1, 0.15) is 12.1 Å². The van der Waals surface area contributed by atoms with Gasteiger partial charge in [0.2, 0.25) is 0 Å². The zero-order valence-electron chi connectivity index (χ0n) is 14.2. The molecular weight excluding hydrogens is 350 g/mol. The predicted molar refractivity (Wildman–Crippen MR) is 92.7 cm³/mol. The Balaban J connectivity index is 1.79. The molecule has 0 unspecified atom stereocenters. The maximum absolute atomic E-state index is 13.1. The molecule has 9 nitrogen and oxygen atoms in total. The number of hydrazine groups is 1. The highest BCUT2D eigenvalue weighted by atomic mass is 16.2. The number of amides is 3. The second kappa shape index (κ2) is 6.13. The number of carbonyl (C=O) groups excluding carboxylic acids is 4. The van der Waals surface area contributed by atoms with Crippen LogP contribution in [0.25, 0.3) is 11.0 Å². The highest BCUT2D eigenvalue weighted by Crippen LogP contribution is 2.25. The molecule has 27 heavy (non-hydrogen) atoms. The van der Waals surface area contributed by atoms with Gasteiger partial charge >= 0.3 is 6.03 Å². The molecule has 0 spiro atoms. The van der Waals surface area contributed by atoms with Crippen molar-refractivity contribution < 1.29 is 19.2 Å². The maximum atomic E-state index is 13.1. The van der Waals surface area contributed by atoms with Crippen LogP contribution < -0.4 is 0 Å². The standard InChI is InChI=1S/C18H13N5O4/c1-11(24)10-21(18(27)22-15-9-5-4-8-14(15)19-20-22)23-16(25)12-6-2-3-7-13(12)17(23)26/h2-9H,10H2,1H3. The Morgan fingerprint density at radius 2 is 1.56 bits per heavy atom. The molecule has 0 atom stereocenters. The van der Waals surface area contributed by atoms with Gasteiger partial charge in [-0.25, -0.2) is 9.80 Å². The summed E-state index contributed by atoms with van der Waals surface area (Å²) in [5.74, 6) is -1.74. The van der Waals surface area contributed by atoms with Gasteiger partial charge in [-0.3, -0.25) is 14.4 Å². The summed E-state index contributed by atoms with van der Waals surface area (Å²) in [6, 6.07) is 12.1. The largest absolute Gasteiger partial charge is 0.366 e. The molecule has 4 rings (SSSR count). The number of nitrogens with zero attached hydrogens (tertiary/aromatic N) is 5. The lowest BCUT2D eigenvalue weighted by atomic mass is 10.1. The van der Waals surface area contributed by atoms with Gasteiger partial charge in [-0.05, 0) is 31.2 Å². The summed E-state index contributed by atoms with van der Waals surface area (Å²) in [6.07, 6.45) is 0. The van der Waals surface area contributed by atoms with Gasteiger partial charge in [0.15, 0.2) is 5.78 Å². The predicted octanol–water partition coefficient (Wildman–Crippen LogP) is 1.50. The van der Waals surface area contributed by atoms with Crippen molar-refractivity contribution >= 4 is 34.7 Å². The van der Waals surface area contributed by atoms with E-state index in [9.17, 15) is 19.2 Å². The third kappa shape index (κ3) is 2.56. The average molecular weight is 363 g/mol. The monoisotopic (exact) mass is 363 g/mol. The number of hydrogen-bond acceptors (Lipinski definition) is 6. The van der Waals surface area contributed by atoms with Crippen molar-refractivity contribution in [2.75, 3.05) is 6.54 Å². The van der Waals surface area contributed by atoms with E-state index < -0.39 is 30.2 Å². The van der Waals surface area contributed by atoms with Gasteiger partial charge < -0.3 is 0 Å². The van der Waals surface area contributed by atoms with Crippen molar-refractivity contribution in [3.63, 3.8) is 0 Å². The van der Waals surface area contributed by atoms with Crippen molar-refractivity contribution in [3.8, 4) is 0 Å². The number of ketones is 1. The molecule has 1 aromatic heterocycles. The Bertz CT molecular complexity index is 1080. The molecule has 1 aliphatic heterocycles. The normalized spacial score (nSPS) is 13.1. The fourth-order valence-electron chi connectivity index (χ4n) is 2.95. The van der Waals surface area contributed by atoms with Gasteiger partial charge in [-0.2, -0.15) is 9.69 Å². The molecular formula is C18H13N5O4. The van der Waals surface area contributed by atoms with Crippen molar-refractivity contribution in [1.82, 2.24) is 25.0 Å². The lowest BCUT2D eigenvalue weighted by Crippen LogP contribution is -2.53. The van der Waals surface area contributed by atoms with E-state index >= 15 is 0 Å². The van der Waals surface area contributed by atoms with Crippen LogP contribution in [-0.2, 0) is 4.79 Å². The minimum Gasteiger partial charge on any atom is -0.298 e. The van der Waals surface area contributed by atoms with Crippen LogP contribution in [0.4, 0.5) is 4.79 Å². The molecule has 3 amide bonds. The van der Waals surface area contributed by atoms with Crippen LogP contribution in [0.1, 0.15) is 27.6 Å². The van der Waals surface area contributed by atoms with Crippen LogP contribution in [0.5, 0.6) is 0 Å². The van der Waals surface area contributed by atoms with E-state index in [4.69, 9.17) is 0 Å². The van der Waals surface area contributed by atoms with Crippen molar-refractivity contribution in [1.29, 1.82) is 0 Å². The molecule has 0 bridgehead atoms. The van der Waals surface area contributed by atoms with Crippen LogP contribution >= 0.6 is 0 Å². The van der Waals surface area contributed by atoms with Crippen molar-refractivity contribution in [3.05, 3.63) is 59.7 Å². The number of Topliss-reactive ketones (excluding diaryl/α,β-unsaturated/α-hetero) is 1. The summed E-state index contributed by atoms with van der Waals surface area (Å²) in [6.45, 7) is 0.802. The summed E-state index contributed by atoms with van der Waals surface area (Å²) in [5.41, 5.74) is 1.21. The van der Waals surface area contributed by atoms with Crippen LogP contribution in [0, 0.1) is 0 Å². The average Bonchev–Trinajstić information content (AvgIpc) is 3.20. The Kier molecular flexibility index (Phi) is 3.76. The number of fused-ring (bicyclic) bond motifs is 2. The van der Waals surface area contributed by atoms with Crippen molar-refractivity contribution in [2.45, 2.75) is 6.92 Å². The van der Waals surface area contributed by atoms with E-state index in [0.29, 0.717) is 16.0 Å². The van der Waals surface area contributed by atoms with Gasteiger partial charge in [0.05, 0.1) is 16.6 Å². The van der Waals surface area contributed by atoms with Crippen LogP contribution in [0.2, 0.25) is 0 Å². The third-order valence-electron chi connectivity index (χ3n) is 4.14. The Morgan fingerprint density at radius 3 is 2.19 bits per heavy atom. The quantitative estimate of drug-likeness (QED) is 0.653. The maximum Gasteiger partial charge on any atom is 0.366 e. The second-order valence-electron chi connectivity index (χ2n) is 6.00. The van der Waals surface area contributed by atoms with E-state index in [2.05, 4.69) is 10.3 Å². The van der Waals surface area contributed by atoms with Crippen LogP contribution in [-0.4, -0.2) is 55.2 Å². The molecule has 0 radical (unpaired) electrons. The van der Waals surface area contributed by atoms with E-state index in [1.54, 1.807) is 36.4 Å². The minimum atomic E-state index is -0.826. The molecule has 2 heterocycles. The molecule has 0 fully saturated rings. The second-order valence-corrected chi connectivity index (χ2v) is 6.00. The van der Waals surface area contributed by atoms with Gasteiger partial charge in [0, 0.05) is 0 Å². The molecule has 9 heteroatoms. The first-order chi connectivity index (χ1) is 13.0. The van der Waals surface area contributed by atoms with Crippen LogP contribution in [0.3, 0.4) is 0 Å². The molecule has 3 aromatic rings. The van der Waals surface area contributed by atoms with Gasteiger partial charge in [0.25, 0.3) is 11.8 Å². The molecule has 0 saturated carbocycles. The van der Waals surface area contributed by atoms with Crippen molar-refractivity contribution in [2.24, 2.45) is 0 Å². The highest BCUT2D eigenvalue weighted by Gasteiger charge is 2.42. The molecule has 0 aliphatic carbocycles. The topological polar surface area (TPSA) is 105 Å². The van der Waals surface area contributed by atoms with Crippen LogP contribution in [0.15, 0.2) is 48.5 Å². The number of rotatable bonds is 3. The zero-order valence-corrected chi connectivity index (χ0v) is 14.2. The van der Waals surface area contributed by atoms with Gasteiger partial charge in [-0.1, -0.05) is 29.5 Å². The van der Waals surface area contributed by atoms with E-state index in [1.807, 2.05) is 0 Å². The molecule has 0 N–H and O–H groups in total. The minimum absolute atomic E-state index is 0.173. The first-order valence-corrected chi connectivity index (χ1v) is 8.08. The Hall–Kier alpha value is -3.88. The summed E-state index contributed by atoms with van der Waals surface area (Å²) in [5, 5.41) is 9.19. The molecule has 2 aromatic carbocycles. The number of carbonyl (C=O) groups is 4. The summed E-state index contributed by atoms with van der Waals surface area (Å²) in [7, 11) is 0. The fourth-order valence-corrected chi connectivity index (χ4v) is 2.95. The van der Waals surface area contributed by atoms with Gasteiger partial charge in [-0.15, -0.1) is 5.10 Å². The third-order valence-corrected chi connectivity index (χ3v) is 4.14. The lowest BCUT2D eigenvalue weighted by molar-refractivity contribution is -0.119. The summed E-state index contributed by atoms with van der Waals surface area (Å²) in [4.78, 5) is 50.3. The molecule has 0 saturated heterocycles. The number of aromatic nitrogens is 3. The van der Waals surface area contributed by atoms with E-state index in [1.165, 1.54) is 19.1 Å². The molecule has 1 aliphatic rings. The summed E-state index contributed by atoms with van der Waals surface area (Å²) >= 11 is 0. The summed E-state index contributed by atoms with van der Waals surface area (Å²) < 4.78 is 0.960. The lowest BCUT2D eigenvalue weighted by Gasteiger charge is -2.28. The van der Waals surface area contributed by atoms with E-state index in [-0.39, 0.29) is 11.1 Å². The smallest absolute Gasteiger partial charge is 0.298 e. The number of para-hydroxylation sites is 1. The van der Waals surface area contributed by atoms with E-state index in [0.717, 1.165) is 9.69 Å². The molecule has 134 valence electrons. The number of benzene rings is 2. The Morgan fingerprint density at radius 1 is 0.963 bits per heavy atom.